The van der Waals surface area contributed by atoms with Crippen molar-refractivity contribution >= 4 is 17.3 Å². The Morgan fingerprint density at radius 3 is 2.68 bits per heavy atom. The molecule has 0 radical (unpaired) electrons. The van der Waals surface area contributed by atoms with Crippen LogP contribution in [0.4, 0.5) is 11.4 Å². The standard InChI is InChI=1S/C18H22N4O3/c1-24-15-4-2-13(3-5-15)11-20-16-10-14(12-21-17(16)18(19)23)22-6-8-25-9-7-22/h2-5,10,12,20H,6-9,11H2,1H3,(H2,19,23). The van der Waals surface area contributed by atoms with Crippen molar-refractivity contribution in [2.24, 2.45) is 5.73 Å². The van der Waals surface area contributed by atoms with Crippen LogP contribution in [-0.4, -0.2) is 44.3 Å². The highest BCUT2D eigenvalue weighted by Gasteiger charge is 2.16. The largest absolute Gasteiger partial charge is 0.497 e. The van der Waals surface area contributed by atoms with Gasteiger partial charge in [-0.3, -0.25) is 4.79 Å². The molecule has 1 amide bonds. The molecule has 1 aliphatic heterocycles. The number of anilines is 2. The first-order valence-corrected chi connectivity index (χ1v) is 8.16. The zero-order chi connectivity index (χ0) is 17.6. The molecule has 3 rings (SSSR count). The Morgan fingerprint density at radius 2 is 2.04 bits per heavy atom. The fourth-order valence-electron chi connectivity index (χ4n) is 2.72. The van der Waals surface area contributed by atoms with E-state index in [4.69, 9.17) is 15.2 Å². The van der Waals surface area contributed by atoms with Gasteiger partial charge in [0.2, 0.25) is 0 Å². The molecule has 7 nitrogen and oxygen atoms in total. The summed E-state index contributed by atoms with van der Waals surface area (Å²) in [5, 5.41) is 3.27. The molecule has 1 aromatic carbocycles. The van der Waals surface area contributed by atoms with E-state index in [9.17, 15) is 4.79 Å². The molecule has 7 heteroatoms. The number of primary amides is 1. The average Bonchev–Trinajstić information content (AvgIpc) is 2.67. The number of benzene rings is 1. The van der Waals surface area contributed by atoms with E-state index in [0.29, 0.717) is 25.4 Å². The Bertz CT molecular complexity index is 728. The molecule has 2 aromatic rings. The van der Waals surface area contributed by atoms with Crippen molar-refractivity contribution in [1.82, 2.24) is 4.98 Å². The summed E-state index contributed by atoms with van der Waals surface area (Å²) in [6.45, 7) is 3.53. The molecule has 0 unspecified atom stereocenters. The van der Waals surface area contributed by atoms with Gasteiger partial charge in [0.1, 0.15) is 5.75 Å². The summed E-state index contributed by atoms with van der Waals surface area (Å²) < 4.78 is 10.5. The molecule has 0 atom stereocenters. The van der Waals surface area contributed by atoms with Crippen LogP contribution in [0.25, 0.3) is 0 Å². The van der Waals surface area contributed by atoms with Gasteiger partial charge in [0.05, 0.1) is 37.9 Å². The highest BCUT2D eigenvalue weighted by molar-refractivity contribution is 5.97. The normalized spacial score (nSPS) is 14.2. The quantitative estimate of drug-likeness (QED) is 0.829. The molecule has 132 valence electrons. The third-order valence-corrected chi connectivity index (χ3v) is 4.12. The molecule has 1 saturated heterocycles. The van der Waals surface area contributed by atoms with Crippen LogP contribution in [0.3, 0.4) is 0 Å². The van der Waals surface area contributed by atoms with Crippen LogP contribution in [-0.2, 0) is 11.3 Å². The molecule has 25 heavy (non-hydrogen) atoms. The minimum Gasteiger partial charge on any atom is -0.497 e. The maximum Gasteiger partial charge on any atom is 0.269 e. The number of morpholine rings is 1. The van der Waals surface area contributed by atoms with E-state index < -0.39 is 5.91 Å². The highest BCUT2D eigenvalue weighted by Crippen LogP contribution is 2.23. The van der Waals surface area contributed by atoms with E-state index in [1.54, 1.807) is 13.3 Å². The average molecular weight is 342 g/mol. The fraction of sp³-hybridized carbons (Fsp3) is 0.333. The fourth-order valence-corrected chi connectivity index (χ4v) is 2.72. The topological polar surface area (TPSA) is 89.7 Å². The van der Waals surface area contributed by atoms with Gasteiger partial charge in [0.15, 0.2) is 5.69 Å². The van der Waals surface area contributed by atoms with Gasteiger partial charge in [-0.1, -0.05) is 12.1 Å². The van der Waals surface area contributed by atoms with Crippen LogP contribution in [0.2, 0.25) is 0 Å². The zero-order valence-corrected chi connectivity index (χ0v) is 14.2. The molecule has 0 saturated carbocycles. The summed E-state index contributed by atoms with van der Waals surface area (Å²) in [5.41, 5.74) is 8.34. The lowest BCUT2D eigenvalue weighted by Crippen LogP contribution is -2.36. The number of hydrogen-bond donors (Lipinski definition) is 2. The summed E-state index contributed by atoms with van der Waals surface area (Å²) in [6.07, 6.45) is 1.68. The minimum absolute atomic E-state index is 0.241. The number of hydrogen-bond acceptors (Lipinski definition) is 6. The lowest BCUT2D eigenvalue weighted by atomic mass is 10.2. The van der Waals surface area contributed by atoms with Crippen molar-refractivity contribution < 1.29 is 14.3 Å². The number of methoxy groups -OCH3 is 1. The molecule has 1 aliphatic rings. The zero-order valence-electron chi connectivity index (χ0n) is 14.2. The van der Waals surface area contributed by atoms with Crippen molar-refractivity contribution in [1.29, 1.82) is 0 Å². The molecule has 2 heterocycles. The second kappa shape index (κ2) is 7.85. The van der Waals surface area contributed by atoms with Gasteiger partial charge in [0, 0.05) is 19.6 Å². The first-order valence-electron chi connectivity index (χ1n) is 8.16. The van der Waals surface area contributed by atoms with Crippen LogP contribution < -0.4 is 20.7 Å². The number of carbonyl (C=O) groups excluding carboxylic acids is 1. The first kappa shape index (κ1) is 17.0. The van der Waals surface area contributed by atoms with E-state index >= 15 is 0 Å². The van der Waals surface area contributed by atoms with Crippen LogP contribution in [0.1, 0.15) is 16.1 Å². The Morgan fingerprint density at radius 1 is 1.32 bits per heavy atom. The maximum absolute atomic E-state index is 11.7. The van der Waals surface area contributed by atoms with Crippen molar-refractivity contribution in [2.45, 2.75) is 6.54 Å². The minimum atomic E-state index is -0.550. The summed E-state index contributed by atoms with van der Waals surface area (Å²) in [7, 11) is 1.63. The molecule has 0 aliphatic carbocycles. The van der Waals surface area contributed by atoms with Gasteiger partial charge in [-0.25, -0.2) is 4.98 Å². The van der Waals surface area contributed by atoms with E-state index in [1.165, 1.54) is 0 Å². The summed E-state index contributed by atoms with van der Waals surface area (Å²) in [4.78, 5) is 18.1. The van der Waals surface area contributed by atoms with Gasteiger partial charge >= 0.3 is 0 Å². The number of aromatic nitrogens is 1. The Labute approximate surface area is 146 Å². The lowest BCUT2D eigenvalue weighted by molar-refractivity contribution is 0.0996. The van der Waals surface area contributed by atoms with Crippen LogP contribution in [0, 0.1) is 0 Å². The Hall–Kier alpha value is -2.80. The third kappa shape index (κ3) is 4.19. The van der Waals surface area contributed by atoms with Gasteiger partial charge in [-0.05, 0) is 23.8 Å². The molecule has 1 fully saturated rings. The SMILES string of the molecule is COc1ccc(CNc2cc(N3CCOCC3)cnc2C(N)=O)cc1. The van der Waals surface area contributed by atoms with Crippen LogP contribution >= 0.6 is 0 Å². The predicted molar refractivity (Wildman–Crippen MR) is 96.1 cm³/mol. The van der Waals surface area contributed by atoms with Crippen molar-refractivity contribution in [3.8, 4) is 5.75 Å². The predicted octanol–water partition coefficient (Wildman–Crippen LogP) is 1.64. The van der Waals surface area contributed by atoms with E-state index in [-0.39, 0.29) is 5.69 Å². The molecule has 3 N–H and O–H groups in total. The Kier molecular flexibility index (Phi) is 5.35. The maximum atomic E-state index is 11.7. The van der Waals surface area contributed by atoms with Crippen LogP contribution in [0.5, 0.6) is 5.75 Å². The number of nitrogens with two attached hydrogens (primary N) is 1. The summed E-state index contributed by atoms with van der Waals surface area (Å²) in [5.74, 6) is 0.253. The number of ether oxygens (including phenoxy) is 2. The van der Waals surface area contributed by atoms with Gasteiger partial charge in [0.25, 0.3) is 5.91 Å². The number of nitrogens with zero attached hydrogens (tertiary/aromatic N) is 2. The Balaban J connectivity index is 1.77. The van der Waals surface area contributed by atoms with Crippen LogP contribution in [0.15, 0.2) is 36.5 Å². The van der Waals surface area contributed by atoms with Crippen molar-refractivity contribution in [2.75, 3.05) is 43.6 Å². The number of pyridine rings is 1. The van der Waals surface area contributed by atoms with Gasteiger partial charge in [-0.15, -0.1) is 0 Å². The smallest absolute Gasteiger partial charge is 0.269 e. The van der Waals surface area contributed by atoms with Gasteiger partial charge < -0.3 is 25.4 Å². The van der Waals surface area contributed by atoms with E-state index in [0.717, 1.165) is 30.1 Å². The monoisotopic (exact) mass is 342 g/mol. The number of nitrogens with one attached hydrogen (secondary N) is 1. The molecular weight excluding hydrogens is 320 g/mol. The summed E-state index contributed by atoms with van der Waals surface area (Å²) in [6, 6.07) is 9.65. The molecule has 0 spiro atoms. The highest BCUT2D eigenvalue weighted by atomic mass is 16.5. The second-order valence-electron chi connectivity index (χ2n) is 5.75. The van der Waals surface area contributed by atoms with E-state index in [2.05, 4.69) is 15.2 Å². The molecule has 0 bridgehead atoms. The first-order chi connectivity index (χ1) is 12.2. The number of carbonyl (C=O) groups is 1. The van der Waals surface area contributed by atoms with E-state index in [1.807, 2.05) is 30.3 Å². The van der Waals surface area contributed by atoms with Gasteiger partial charge in [-0.2, -0.15) is 0 Å². The van der Waals surface area contributed by atoms with Crippen molar-refractivity contribution in [3.05, 3.63) is 47.8 Å². The second-order valence-corrected chi connectivity index (χ2v) is 5.75. The number of amides is 1. The summed E-state index contributed by atoms with van der Waals surface area (Å²) >= 11 is 0. The molecular formula is C18H22N4O3. The number of rotatable bonds is 6. The van der Waals surface area contributed by atoms with Crippen molar-refractivity contribution in [3.63, 3.8) is 0 Å². The molecule has 1 aromatic heterocycles. The third-order valence-electron chi connectivity index (χ3n) is 4.12. The lowest BCUT2D eigenvalue weighted by Gasteiger charge is -2.29.